The molecule has 0 radical (unpaired) electrons. The number of hydrogen-bond donors (Lipinski definition) is 0. The van der Waals surface area contributed by atoms with Crippen LogP contribution in [0.2, 0.25) is 0 Å². The minimum Gasteiger partial charge on any atom is -0.277 e. The largest absolute Gasteiger partial charge is 0.277 e. The molecular weight excluding hydrogens is 428 g/mol. The van der Waals surface area contributed by atoms with Gasteiger partial charge in [-0.3, -0.25) is 28.6 Å². The summed E-state index contributed by atoms with van der Waals surface area (Å²) in [6, 6.07) is 25.6. The molecular formula is C28H20N2O4. The average molecular weight is 448 g/mol. The maximum Gasteiger partial charge on any atom is 0.261 e. The van der Waals surface area contributed by atoms with Crippen LogP contribution in [0.3, 0.4) is 0 Å². The van der Waals surface area contributed by atoms with Gasteiger partial charge in [-0.15, -0.1) is 0 Å². The molecule has 166 valence electrons. The van der Waals surface area contributed by atoms with Crippen LogP contribution in [-0.4, -0.2) is 28.3 Å². The first kappa shape index (κ1) is 21.3. The molecule has 6 rings (SSSR count). The summed E-state index contributed by atoms with van der Waals surface area (Å²) in [4.78, 5) is 49.4. The van der Waals surface area contributed by atoms with E-state index in [4.69, 9.17) is 0 Å². The zero-order valence-corrected chi connectivity index (χ0v) is 18.6. The molecule has 0 N–H and O–H groups in total. The van der Waals surface area contributed by atoms with Crippen molar-refractivity contribution in [2.45, 2.75) is 0 Å². The standard InChI is InChI=1S/C15H11NO2.C13H9NO2/c1-16-14(17)12-8-4-2-6-10(12)11-7-3-5-9-13(11)15(16)18;1-14-12(15)9-6-2-4-8-5-3-7-10(11(8)9)13(14)16/h2-9H,1H3;2-7H,1H3. The van der Waals surface area contributed by atoms with Gasteiger partial charge in [-0.2, -0.15) is 0 Å². The zero-order valence-electron chi connectivity index (χ0n) is 18.6. The summed E-state index contributed by atoms with van der Waals surface area (Å²) in [5.41, 5.74) is 0.698. The van der Waals surface area contributed by atoms with Crippen molar-refractivity contribution >= 4 is 44.1 Å². The monoisotopic (exact) mass is 448 g/mol. The second kappa shape index (κ2) is 8.08. The lowest BCUT2D eigenvalue weighted by Gasteiger charge is -2.23. The van der Waals surface area contributed by atoms with E-state index in [1.54, 1.807) is 24.3 Å². The van der Waals surface area contributed by atoms with Crippen molar-refractivity contribution in [2.75, 3.05) is 7.05 Å². The molecule has 0 saturated heterocycles. The molecule has 1 aliphatic rings. The highest BCUT2D eigenvalue weighted by Crippen LogP contribution is 2.29. The number of rotatable bonds is 0. The van der Waals surface area contributed by atoms with Crippen LogP contribution in [0.4, 0.5) is 0 Å². The summed E-state index contributed by atoms with van der Waals surface area (Å²) < 4.78 is 1.17. The van der Waals surface area contributed by atoms with Crippen LogP contribution in [0.15, 0.2) is 94.5 Å². The number of carbonyl (C=O) groups is 2. The van der Waals surface area contributed by atoms with Gasteiger partial charge in [-0.1, -0.05) is 60.7 Å². The number of carbonyl (C=O) groups excluding carboxylic acids is 2. The van der Waals surface area contributed by atoms with Crippen LogP contribution in [0.25, 0.3) is 32.3 Å². The Morgan fingerprint density at radius 2 is 0.912 bits per heavy atom. The van der Waals surface area contributed by atoms with E-state index < -0.39 is 0 Å². The number of nitrogens with zero attached hydrogens (tertiary/aromatic N) is 2. The van der Waals surface area contributed by atoms with Crippen LogP contribution in [0, 0.1) is 0 Å². The van der Waals surface area contributed by atoms with E-state index in [-0.39, 0.29) is 22.9 Å². The molecule has 0 fully saturated rings. The molecule has 1 aromatic heterocycles. The molecule has 0 saturated carbocycles. The fourth-order valence-electron chi connectivity index (χ4n) is 4.41. The molecule has 5 aromatic rings. The Balaban J connectivity index is 0.000000142. The Bertz CT molecular complexity index is 1650. The van der Waals surface area contributed by atoms with Gasteiger partial charge in [0.25, 0.3) is 22.9 Å². The number of fused-ring (bicyclic) bond motifs is 3. The first-order valence-electron chi connectivity index (χ1n) is 10.7. The second-order valence-electron chi connectivity index (χ2n) is 8.14. The second-order valence-corrected chi connectivity index (χ2v) is 8.14. The third-order valence-corrected chi connectivity index (χ3v) is 6.19. The van der Waals surface area contributed by atoms with E-state index in [0.717, 1.165) is 26.4 Å². The summed E-state index contributed by atoms with van der Waals surface area (Å²) in [5, 5.41) is 4.48. The van der Waals surface area contributed by atoms with Crippen LogP contribution in [0.5, 0.6) is 0 Å². The minimum atomic E-state index is -0.258. The maximum atomic E-state index is 12.2. The van der Waals surface area contributed by atoms with Crippen molar-refractivity contribution in [3.8, 4) is 0 Å². The predicted molar refractivity (Wildman–Crippen MR) is 133 cm³/mol. The van der Waals surface area contributed by atoms with Crippen LogP contribution in [0.1, 0.15) is 20.7 Å². The first-order valence-corrected chi connectivity index (χ1v) is 10.7. The number of imide groups is 1. The maximum absolute atomic E-state index is 12.2. The summed E-state index contributed by atoms with van der Waals surface area (Å²) in [7, 11) is 3.03. The van der Waals surface area contributed by atoms with Crippen molar-refractivity contribution in [3.63, 3.8) is 0 Å². The summed E-state index contributed by atoms with van der Waals surface area (Å²) in [6.07, 6.45) is 0. The van der Waals surface area contributed by atoms with Gasteiger partial charge in [0.15, 0.2) is 0 Å². The summed E-state index contributed by atoms with van der Waals surface area (Å²) in [6.45, 7) is 0. The Kier molecular flexibility index (Phi) is 5.06. The number of hydrogen-bond acceptors (Lipinski definition) is 4. The number of benzene rings is 4. The van der Waals surface area contributed by atoms with E-state index in [9.17, 15) is 19.2 Å². The Morgan fingerprint density at radius 1 is 0.500 bits per heavy atom. The lowest BCUT2D eigenvalue weighted by atomic mass is 9.94. The highest BCUT2D eigenvalue weighted by atomic mass is 16.2. The lowest BCUT2D eigenvalue weighted by molar-refractivity contribution is 0.0650. The third-order valence-electron chi connectivity index (χ3n) is 6.19. The van der Waals surface area contributed by atoms with Crippen molar-refractivity contribution in [1.29, 1.82) is 0 Å². The van der Waals surface area contributed by atoms with Crippen molar-refractivity contribution in [1.82, 2.24) is 9.47 Å². The molecule has 6 nitrogen and oxygen atoms in total. The molecule has 2 heterocycles. The van der Waals surface area contributed by atoms with E-state index >= 15 is 0 Å². The normalized spacial score (nSPS) is 12.7. The van der Waals surface area contributed by atoms with E-state index in [1.165, 1.54) is 18.7 Å². The van der Waals surface area contributed by atoms with Crippen molar-refractivity contribution in [2.24, 2.45) is 7.05 Å². The van der Waals surface area contributed by atoms with Gasteiger partial charge in [0.05, 0.1) is 0 Å². The molecule has 0 aliphatic carbocycles. The smallest absolute Gasteiger partial charge is 0.261 e. The fourth-order valence-corrected chi connectivity index (χ4v) is 4.41. The molecule has 34 heavy (non-hydrogen) atoms. The van der Waals surface area contributed by atoms with Crippen molar-refractivity contribution < 1.29 is 9.59 Å². The van der Waals surface area contributed by atoms with Gasteiger partial charge >= 0.3 is 0 Å². The molecule has 4 aromatic carbocycles. The zero-order chi connectivity index (χ0) is 24.0. The highest BCUT2D eigenvalue weighted by molar-refractivity contribution is 6.25. The molecule has 0 bridgehead atoms. The van der Waals surface area contributed by atoms with Gasteiger partial charge < -0.3 is 0 Å². The summed E-state index contributed by atoms with van der Waals surface area (Å²) >= 11 is 0. The van der Waals surface area contributed by atoms with Crippen molar-refractivity contribution in [3.05, 3.63) is 117 Å². The summed E-state index contributed by atoms with van der Waals surface area (Å²) in [5.74, 6) is -0.455. The van der Waals surface area contributed by atoms with E-state index in [2.05, 4.69) is 0 Å². The predicted octanol–water partition coefficient (Wildman–Crippen LogP) is 4.12. The van der Waals surface area contributed by atoms with Gasteiger partial charge in [0, 0.05) is 41.4 Å². The van der Waals surface area contributed by atoms with E-state index in [0.29, 0.717) is 21.9 Å². The molecule has 0 atom stereocenters. The van der Waals surface area contributed by atoms with Crippen LogP contribution < -0.4 is 11.1 Å². The number of aromatic nitrogens is 1. The SMILES string of the molecule is CN1C(=O)c2cccc3cccc(c23)C1=O.Cn1c(=O)c2ccccc2c2ccccc2c1=O. The Hall–Kier alpha value is -4.58. The Morgan fingerprint density at radius 3 is 1.35 bits per heavy atom. The van der Waals surface area contributed by atoms with Gasteiger partial charge in [-0.25, -0.2) is 0 Å². The first-order chi connectivity index (χ1) is 16.4. The van der Waals surface area contributed by atoms with E-state index in [1.807, 2.05) is 60.7 Å². The molecule has 0 unspecified atom stereocenters. The molecule has 6 heteroatoms. The molecule has 1 aliphatic heterocycles. The Labute approximate surface area is 194 Å². The number of amides is 2. The van der Waals surface area contributed by atoms with Gasteiger partial charge in [-0.05, 0) is 40.4 Å². The molecule has 2 amide bonds. The lowest BCUT2D eigenvalue weighted by Crippen LogP contribution is -2.36. The topological polar surface area (TPSA) is 76.5 Å². The van der Waals surface area contributed by atoms with Gasteiger partial charge in [0.1, 0.15) is 0 Å². The third kappa shape index (κ3) is 3.19. The quantitative estimate of drug-likeness (QED) is 0.334. The highest BCUT2D eigenvalue weighted by Gasteiger charge is 2.29. The van der Waals surface area contributed by atoms with Crippen LogP contribution in [-0.2, 0) is 7.05 Å². The molecule has 0 spiro atoms. The van der Waals surface area contributed by atoms with Gasteiger partial charge in [0.2, 0.25) is 0 Å². The van der Waals surface area contributed by atoms with Crippen LogP contribution >= 0.6 is 0 Å². The minimum absolute atomic E-state index is 0.227. The average Bonchev–Trinajstić information content (AvgIpc) is 2.96. The fraction of sp³-hybridized carbons (Fsp3) is 0.0714.